The van der Waals surface area contributed by atoms with Crippen molar-refractivity contribution in [2.24, 2.45) is 5.92 Å². The maximum atomic E-state index is 9.45. The summed E-state index contributed by atoms with van der Waals surface area (Å²) in [5.74, 6) is 1.70. The zero-order chi connectivity index (χ0) is 16.7. The Labute approximate surface area is 140 Å². The first kappa shape index (κ1) is 18.2. The van der Waals surface area contributed by atoms with E-state index in [2.05, 4.69) is 42.3 Å². The molecule has 0 spiro atoms. The summed E-state index contributed by atoms with van der Waals surface area (Å²) in [6.45, 7) is 10.9. The minimum atomic E-state index is -0.218. The van der Waals surface area contributed by atoms with Gasteiger partial charge < -0.3 is 20.1 Å². The second kappa shape index (κ2) is 9.26. The van der Waals surface area contributed by atoms with Crippen LogP contribution in [0, 0.1) is 5.92 Å². The molecule has 2 rings (SSSR count). The van der Waals surface area contributed by atoms with Crippen molar-refractivity contribution >= 4 is 0 Å². The van der Waals surface area contributed by atoms with Gasteiger partial charge in [0.2, 0.25) is 0 Å². The van der Waals surface area contributed by atoms with Crippen LogP contribution >= 0.6 is 0 Å². The fourth-order valence-electron chi connectivity index (χ4n) is 3.17. The van der Waals surface area contributed by atoms with Crippen molar-refractivity contribution in [1.82, 2.24) is 10.2 Å². The molecule has 0 bridgehead atoms. The molecule has 1 aromatic carbocycles. The summed E-state index contributed by atoms with van der Waals surface area (Å²) >= 11 is 0. The number of hydrogen-bond donors (Lipinski definition) is 2. The Morgan fingerprint density at radius 3 is 2.65 bits per heavy atom. The number of piperidine rings is 1. The topological polar surface area (TPSA) is 44.7 Å². The van der Waals surface area contributed by atoms with E-state index < -0.39 is 0 Å². The van der Waals surface area contributed by atoms with Crippen molar-refractivity contribution in [3.63, 3.8) is 0 Å². The average Bonchev–Trinajstić information content (AvgIpc) is 2.48. The van der Waals surface area contributed by atoms with Crippen LogP contribution in [0.4, 0.5) is 0 Å². The van der Waals surface area contributed by atoms with Crippen LogP contribution < -0.4 is 10.1 Å². The van der Waals surface area contributed by atoms with E-state index in [9.17, 15) is 5.11 Å². The summed E-state index contributed by atoms with van der Waals surface area (Å²) in [7, 11) is 0. The van der Waals surface area contributed by atoms with E-state index in [1.807, 2.05) is 13.0 Å². The quantitative estimate of drug-likeness (QED) is 0.773. The maximum absolute atomic E-state index is 9.45. The normalized spacial score (nSPS) is 18.3. The van der Waals surface area contributed by atoms with Crippen LogP contribution in [-0.2, 0) is 6.54 Å². The molecule has 1 aliphatic heterocycles. The summed E-state index contributed by atoms with van der Waals surface area (Å²) < 4.78 is 5.74. The number of hydrogen-bond acceptors (Lipinski definition) is 4. The van der Waals surface area contributed by atoms with Crippen LogP contribution in [0.2, 0.25) is 0 Å². The standard InChI is InChI=1S/C19H32N2O2/c1-15(2)23-19-6-4-5-18(11-19)13-20-12-17-7-9-21(10-8-17)14-16(3)22/h4-6,11,15-17,20,22H,7-10,12-14H2,1-3H3/t16-/m1/s1. The summed E-state index contributed by atoms with van der Waals surface area (Å²) in [6.07, 6.45) is 2.43. The van der Waals surface area contributed by atoms with Gasteiger partial charge in [-0.2, -0.15) is 0 Å². The highest BCUT2D eigenvalue weighted by atomic mass is 16.5. The minimum Gasteiger partial charge on any atom is -0.491 e. The number of aliphatic hydroxyl groups excluding tert-OH is 1. The third-order valence-electron chi connectivity index (χ3n) is 4.26. The van der Waals surface area contributed by atoms with Gasteiger partial charge in [-0.25, -0.2) is 0 Å². The van der Waals surface area contributed by atoms with Crippen molar-refractivity contribution < 1.29 is 9.84 Å². The third kappa shape index (κ3) is 6.90. The van der Waals surface area contributed by atoms with Crippen molar-refractivity contribution in [3.8, 4) is 5.75 Å². The Morgan fingerprint density at radius 2 is 2.00 bits per heavy atom. The fraction of sp³-hybridized carbons (Fsp3) is 0.684. The molecule has 1 fully saturated rings. The van der Waals surface area contributed by atoms with Gasteiger partial charge in [0.15, 0.2) is 0 Å². The number of β-amino-alcohol motifs (C(OH)–C–C–N with tert-alkyl or cyclic N) is 1. The number of ether oxygens (including phenoxy) is 1. The summed E-state index contributed by atoms with van der Waals surface area (Å²) in [4.78, 5) is 2.37. The molecule has 1 aliphatic rings. The van der Waals surface area contributed by atoms with Crippen molar-refractivity contribution in [3.05, 3.63) is 29.8 Å². The highest BCUT2D eigenvalue weighted by Crippen LogP contribution is 2.18. The number of nitrogens with one attached hydrogen (secondary N) is 1. The second-order valence-electron chi connectivity index (χ2n) is 7.04. The lowest BCUT2D eigenvalue weighted by atomic mass is 9.96. The summed E-state index contributed by atoms with van der Waals surface area (Å²) in [6, 6.07) is 8.34. The zero-order valence-electron chi connectivity index (χ0n) is 14.8. The predicted octanol–water partition coefficient (Wildman–Crippen LogP) is 2.66. The first-order valence-corrected chi connectivity index (χ1v) is 8.89. The molecule has 4 nitrogen and oxygen atoms in total. The van der Waals surface area contributed by atoms with Gasteiger partial charge in [0.1, 0.15) is 5.75 Å². The van der Waals surface area contributed by atoms with Gasteiger partial charge in [-0.05, 0) is 76.9 Å². The van der Waals surface area contributed by atoms with Gasteiger partial charge in [0, 0.05) is 13.1 Å². The molecular formula is C19H32N2O2. The summed E-state index contributed by atoms with van der Waals surface area (Å²) in [5.41, 5.74) is 1.27. The summed E-state index contributed by atoms with van der Waals surface area (Å²) in [5, 5.41) is 13.0. The second-order valence-corrected chi connectivity index (χ2v) is 7.04. The van der Waals surface area contributed by atoms with Crippen LogP contribution in [-0.4, -0.2) is 48.4 Å². The molecule has 130 valence electrons. The maximum Gasteiger partial charge on any atom is 0.120 e. The lowest BCUT2D eigenvalue weighted by Crippen LogP contribution is -2.40. The predicted molar refractivity (Wildman–Crippen MR) is 94.8 cm³/mol. The van der Waals surface area contributed by atoms with E-state index in [4.69, 9.17) is 4.74 Å². The van der Waals surface area contributed by atoms with Crippen molar-refractivity contribution in [2.75, 3.05) is 26.2 Å². The third-order valence-corrected chi connectivity index (χ3v) is 4.26. The Kier molecular flexibility index (Phi) is 7.34. The van der Waals surface area contributed by atoms with E-state index in [-0.39, 0.29) is 12.2 Å². The van der Waals surface area contributed by atoms with Crippen LogP contribution in [0.5, 0.6) is 5.75 Å². The molecule has 1 saturated heterocycles. The Hall–Kier alpha value is -1.10. The smallest absolute Gasteiger partial charge is 0.120 e. The van der Waals surface area contributed by atoms with Gasteiger partial charge >= 0.3 is 0 Å². The molecule has 0 aromatic heterocycles. The van der Waals surface area contributed by atoms with Gasteiger partial charge in [-0.1, -0.05) is 12.1 Å². The van der Waals surface area contributed by atoms with Gasteiger partial charge in [-0.15, -0.1) is 0 Å². The molecule has 0 amide bonds. The molecule has 1 aromatic rings. The molecule has 0 aliphatic carbocycles. The van der Waals surface area contributed by atoms with Crippen LogP contribution in [0.25, 0.3) is 0 Å². The number of benzene rings is 1. The number of likely N-dealkylation sites (tertiary alicyclic amines) is 1. The first-order chi connectivity index (χ1) is 11.0. The average molecular weight is 320 g/mol. The highest BCUT2D eigenvalue weighted by molar-refractivity contribution is 5.28. The van der Waals surface area contributed by atoms with Crippen LogP contribution in [0.15, 0.2) is 24.3 Å². The minimum absolute atomic E-state index is 0.213. The van der Waals surface area contributed by atoms with Gasteiger partial charge in [0.25, 0.3) is 0 Å². The molecule has 1 heterocycles. The van der Waals surface area contributed by atoms with E-state index in [0.29, 0.717) is 0 Å². The molecule has 0 radical (unpaired) electrons. The number of rotatable bonds is 8. The Morgan fingerprint density at radius 1 is 1.26 bits per heavy atom. The Balaban J connectivity index is 1.68. The first-order valence-electron chi connectivity index (χ1n) is 8.89. The van der Waals surface area contributed by atoms with Crippen LogP contribution in [0.3, 0.4) is 0 Å². The molecule has 4 heteroatoms. The van der Waals surface area contributed by atoms with Crippen molar-refractivity contribution in [2.45, 2.75) is 52.4 Å². The molecule has 23 heavy (non-hydrogen) atoms. The van der Waals surface area contributed by atoms with Crippen molar-refractivity contribution in [1.29, 1.82) is 0 Å². The SMILES string of the molecule is CC(C)Oc1cccc(CNCC2CCN(C[C@@H](C)O)CC2)c1. The molecule has 1 atom stereocenters. The monoisotopic (exact) mass is 320 g/mol. The number of nitrogens with zero attached hydrogens (tertiary/aromatic N) is 1. The zero-order valence-corrected chi connectivity index (χ0v) is 14.8. The largest absolute Gasteiger partial charge is 0.491 e. The molecule has 0 saturated carbocycles. The van der Waals surface area contributed by atoms with Gasteiger partial charge in [-0.3, -0.25) is 0 Å². The number of aliphatic hydroxyl groups is 1. The van der Waals surface area contributed by atoms with E-state index in [1.165, 1.54) is 18.4 Å². The molecular weight excluding hydrogens is 288 g/mol. The fourth-order valence-corrected chi connectivity index (χ4v) is 3.17. The van der Waals surface area contributed by atoms with E-state index in [1.54, 1.807) is 0 Å². The highest BCUT2D eigenvalue weighted by Gasteiger charge is 2.19. The lowest BCUT2D eigenvalue weighted by molar-refractivity contribution is 0.0998. The van der Waals surface area contributed by atoms with Gasteiger partial charge in [0.05, 0.1) is 12.2 Å². The molecule has 2 N–H and O–H groups in total. The molecule has 0 unspecified atom stereocenters. The van der Waals surface area contributed by atoms with E-state index in [0.717, 1.165) is 44.4 Å². The lowest BCUT2D eigenvalue weighted by Gasteiger charge is -2.32. The van der Waals surface area contributed by atoms with Crippen LogP contribution in [0.1, 0.15) is 39.2 Å². The van der Waals surface area contributed by atoms with E-state index >= 15 is 0 Å². The Bertz CT molecular complexity index is 454.